The zero-order valence-corrected chi connectivity index (χ0v) is 36.6. The third-order valence-electron chi connectivity index (χ3n) is 13.4. The monoisotopic (exact) mass is 854 g/mol. The quantitative estimate of drug-likeness (QED) is 0.152. The molecule has 0 atom stereocenters. The SMILES string of the molecule is c1cc(-c2ccc(N(c3ccc(-c4cccc(-n5c6ccccc6c6ccccc65)c4)cc3)c3ccc(-c4ccc5oc6ccccc6c5c4)cc3)cc2)cc(-c2cccc3ccccc23)c1. The van der Waals surface area contributed by atoms with E-state index in [1.807, 2.05) is 12.1 Å². The van der Waals surface area contributed by atoms with E-state index in [0.29, 0.717) is 0 Å². The standard InChI is InChI=1S/C64H42N2O/c1-2-18-55-46(12-1)13-11-22-56(55)50-16-9-14-47(40-50)43-26-33-51(34-27-43)65(53-37-30-45(31-38-53)49-32-39-64-60(42-49)59-21-5-8-25-63(59)67-64)52-35-28-44(29-36-52)48-15-10-17-54(41-48)66-61-23-6-3-19-57(61)58-20-4-7-24-62(58)66/h1-42H. The minimum absolute atomic E-state index is 0.901. The summed E-state index contributed by atoms with van der Waals surface area (Å²) < 4.78 is 8.53. The fourth-order valence-corrected chi connectivity index (χ4v) is 10.1. The van der Waals surface area contributed by atoms with Crippen LogP contribution >= 0.6 is 0 Å². The van der Waals surface area contributed by atoms with Gasteiger partial charge >= 0.3 is 0 Å². The summed E-state index contributed by atoms with van der Waals surface area (Å²) in [6.45, 7) is 0. The molecular weight excluding hydrogens is 813 g/mol. The molecule has 3 nitrogen and oxygen atoms in total. The number of furan rings is 1. The number of rotatable bonds is 8. The van der Waals surface area contributed by atoms with Crippen molar-refractivity contribution in [3.63, 3.8) is 0 Å². The number of para-hydroxylation sites is 3. The molecule has 13 aromatic rings. The number of hydrogen-bond donors (Lipinski definition) is 0. The topological polar surface area (TPSA) is 21.3 Å². The molecular formula is C64H42N2O. The zero-order chi connectivity index (χ0) is 44.3. The Morgan fingerprint density at radius 3 is 1.40 bits per heavy atom. The van der Waals surface area contributed by atoms with E-state index in [1.54, 1.807) is 0 Å². The van der Waals surface area contributed by atoms with E-state index >= 15 is 0 Å². The molecule has 11 aromatic carbocycles. The van der Waals surface area contributed by atoms with Crippen LogP contribution in [0.5, 0.6) is 0 Å². The Bertz CT molecular complexity index is 3910. The van der Waals surface area contributed by atoms with Crippen molar-refractivity contribution < 1.29 is 4.42 Å². The van der Waals surface area contributed by atoms with E-state index < -0.39 is 0 Å². The maximum atomic E-state index is 6.15. The molecule has 0 amide bonds. The summed E-state index contributed by atoms with van der Waals surface area (Å²) >= 11 is 0. The lowest BCUT2D eigenvalue weighted by molar-refractivity contribution is 0.669. The second-order valence-corrected chi connectivity index (χ2v) is 17.3. The van der Waals surface area contributed by atoms with Crippen LogP contribution in [0.25, 0.3) is 105 Å². The van der Waals surface area contributed by atoms with Crippen LogP contribution in [0, 0.1) is 0 Å². The number of benzene rings is 11. The van der Waals surface area contributed by atoms with E-state index in [-0.39, 0.29) is 0 Å². The maximum Gasteiger partial charge on any atom is 0.135 e. The van der Waals surface area contributed by atoms with Gasteiger partial charge in [-0.1, -0.05) is 170 Å². The Kier molecular flexibility index (Phi) is 9.17. The number of hydrogen-bond acceptors (Lipinski definition) is 2. The van der Waals surface area contributed by atoms with Crippen molar-refractivity contribution >= 4 is 71.6 Å². The predicted octanol–water partition coefficient (Wildman–Crippen LogP) is 18.0. The summed E-state index contributed by atoms with van der Waals surface area (Å²) in [5.41, 5.74) is 18.0. The van der Waals surface area contributed by atoms with Crippen molar-refractivity contribution in [2.75, 3.05) is 4.90 Å². The van der Waals surface area contributed by atoms with Crippen molar-refractivity contribution in [3.8, 4) is 50.2 Å². The third-order valence-corrected chi connectivity index (χ3v) is 13.4. The van der Waals surface area contributed by atoms with Gasteiger partial charge in [0.25, 0.3) is 0 Å². The Morgan fingerprint density at radius 1 is 0.284 bits per heavy atom. The molecule has 0 spiro atoms. The maximum absolute atomic E-state index is 6.15. The first-order chi connectivity index (χ1) is 33.2. The second kappa shape index (κ2) is 16.0. The average Bonchev–Trinajstić information content (AvgIpc) is 3.95. The van der Waals surface area contributed by atoms with Crippen molar-refractivity contribution in [1.29, 1.82) is 0 Å². The first-order valence-electron chi connectivity index (χ1n) is 22.9. The number of fused-ring (bicyclic) bond motifs is 7. The number of anilines is 3. The van der Waals surface area contributed by atoms with Crippen LogP contribution in [-0.4, -0.2) is 4.57 Å². The highest BCUT2D eigenvalue weighted by Gasteiger charge is 2.17. The van der Waals surface area contributed by atoms with E-state index in [9.17, 15) is 0 Å². The average molecular weight is 855 g/mol. The molecule has 67 heavy (non-hydrogen) atoms. The molecule has 13 rings (SSSR count). The van der Waals surface area contributed by atoms with Crippen molar-refractivity contribution in [2.24, 2.45) is 0 Å². The van der Waals surface area contributed by atoms with Gasteiger partial charge in [0, 0.05) is 44.3 Å². The van der Waals surface area contributed by atoms with Crippen LogP contribution < -0.4 is 4.90 Å². The summed E-state index contributed by atoms with van der Waals surface area (Å²) in [7, 11) is 0. The molecule has 0 fully saturated rings. The summed E-state index contributed by atoms with van der Waals surface area (Å²) in [6, 6.07) is 92.0. The molecule has 0 aliphatic heterocycles. The highest BCUT2D eigenvalue weighted by Crippen LogP contribution is 2.40. The second-order valence-electron chi connectivity index (χ2n) is 17.3. The molecule has 314 valence electrons. The van der Waals surface area contributed by atoms with Gasteiger partial charge in [-0.05, 0) is 140 Å². The molecule has 0 N–H and O–H groups in total. The van der Waals surface area contributed by atoms with Gasteiger partial charge in [-0.25, -0.2) is 0 Å². The molecule has 0 saturated carbocycles. The summed E-state index contributed by atoms with van der Waals surface area (Å²) in [5.74, 6) is 0. The molecule has 0 bridgehead atoms. The minimum atomic E-state index is 0.901. The van der Waals surface area contributed by atoms with Gasteiger partial charge in [-0.2, -0.15) is 0 Å². The van der Waals surface area contributed by atoms with Gasteiger partial charge in [0.05, 0.1) is 11.0 Å². The van der Waals surface area contributed by atoms with Crippen LogP contribution in [0.2, 0.25) is 0 Å². The van der Waals surface area contributed by atoms with Crippen molar-refractivity contribution in [3.05, 3.63) is 255 Å². The van der Waals surface area contributed by atoms with E-state index in [4.69, 9.17) is 4.42 Å². The van der Waals surface area contributed by atoms with Gasteiger partial charge in [0.15, 0.2) is 0 Å². The van der Waals surface area contributed by atoms with E-state index in [2.05, 4.69) is 252 Å². The van der Waals surface area contributed by atoms with Crippen LogP contribution in [0.1, 0.15) is 0 Å². The van der Waals surface area contributed by atoms with E-state index in [0.717, 1.165) is 61.4 Å². The molecule has 3 heteroatoms. The molecule has 0 unspecified atom stereocenters. The zero-order valence-electron chi connectivity index (χ0n) is 36.6. The van der Waals surface area contributed by atoms with Crippen LogP contribution in [0.3, 0.4) is 0 Å². The Morgan fingerprint density at radius 2 is 0.746 bits per heavy atom. The summed E-state index contributed by atoms with van der Waals surface area (Å²) in [6.07, 6.45) is 0. The number of aromatic nitrogens is 1. The van der Waals surface area contributed by atoms with Crippen molar-refractivity contribution in [1.82, 2.24) is 4.57 Å². The molecule has 0 saturated heterocycles. The fraction of sp³-hybridized carbons (Fsp3) is 0. The van der Waals surface area contributed by atoms with Crippen molar-refractivity contribution in [2.45, 2.75) is 0 Å². The highest BCUT2D eigenvalue weighted by molar-refractivity contribution is 6.09. The Hall–Kier alpha value is -8.92. The normalized spacial score (nSPS) is 11.6. The lowest BCUT2D eigenvalue weighted by atomic mass is 9.95. The van der Waals surface area contributed by atoms with Gasteiger partial charge in [0.1, 0.15) is 11.2 Å². The van der Waals surface area contributed by atoms with Gasteiger partial charge in [0.2, 0.25) is 0 Å². The van der Waals surface area contributed by atoms with Gasteiger partial charge in [-0.15, -0.1) is 0 Å². The van der Waals surface area contributed by atoms with Gasteiger partial charge < -0.3 is 13.9 Å². The molecule has 2 aromatic heterocycles. The molecule has 0 aliphatic rings. The van der Waals surface area contributed by atoms with Crippen LogP contribution in [0.4, 0.5) is 17.1 Å². The van der Waals surface area contributed by atoms with Gasteiger partial charge in [-0.3, -0.25) is 0 Å². The van der Waals surface area contributed by atoms with E-state index in [1.165, 1.54) is 60.4 Å². The summed E-state index contributed by atoms with van der Waals surface area (Å²) in [5, 5.41) is 7.29. The Labute approximate surface area is 388 Å². The fourth-order valence-electron chi connectivity index (χ4n) is 10.1. The predicted molar refractivity (Wildman–Crippen MR) is 282 cm³/mol. The minimum Gasteiger partial charge on any atom is -0.456 e. The van der Waals surface area contributed by atoms with Crippen LogP contribution in [0.15, 0.2) is 259 Å². The molecule has 0 radical (unpaired) electrons. The third kappa shape index (κ3) is 6.76. The molecule has 2 heterocycles. The Balaban J connectivity index is 0.867. The smallest absolute Gasteiger partial charge is 0.135 e. The van der Waals surface area contributed by atoms with Crippen LogP contribution in [-0.2, 0) is 0 Å². The first-order valence-corrected chi connectivity index (χ1v) is 22.9. The molecule has 0 aliphatic carbocycles. The highest BCUT2D eigenvalue weighted by atomic mass is 16.3. The lowest BCUT2D eigenvalue weighted by Crippen LogP contribution is -2.09. The number of nitrogens with zero attached hydrogens (tertiary/aromatic N) is 2. The lowest BCUT2D eigenvalue weighted by Gasteiger charge is -2.26. The largest absolute Gasteiger partial charge is 0.456 e. The summed E-state index contributed by atoms with van der Waals surface area (Å²) in [4.78, 5) is 2.35. The first kappa shape index (κ1) is 38.5.